The predicted octanol–water partition coefficient (Wildman–Crippen LogP) is -1.46. The van der Waals surface area contributed by atoms with Crippen LogP contribution >= 0.6 is 0 Å². The number of pyridine rings is 1. The van der Waals surface area contributed by atoms with Crippen molar-refractivity contribution in [2.45, 2.75) is 0 Å². The maximum absolute atomic E-state index is 5.52. The van der Waals surface area contributed by atoms with Crippen molar-refractivity contribution < 1.29 is 52.4 Å². The van der Waals surface area contributed by atoms with Gasteiger partial charge in [0.25, 0.3) is 0 Å². The number of rotatable bonds is 4. The number of aromatic nitrogens is 1. The molecule has 0 radical (unpaired) electrons. The van der Waals surface area contributed by atoms with E-state index in [9.17, 15) is 0 Å². The highest BCUT2D eigenvalue weighted by Gasteiger charge is 2.18. The van der Waals surface area contributed by atoms with Gasteiger partial charge in [0.05, 0.1) is 44.6 Å². The van der Waals surface area contributed by atoms with E-state index in [2.05, 4.69) is 29.9 Å². The molecule has 0 spiro atoms. The minimum Gasteiger partial charge on any atom is -1.00 e. The van der Waals surface area contributed by atoms with Crippen molar-refractivity contribution in [3.8, 4) is 23.0 Å². The van der Waals surface area contributed by atoms with E-state index in [0.717, 1.165) is 43.9 Å². The fourth-order valence-electron chi connectivity index (χ4n) is 3.74. The molecule has 4 aromatic rings. The van der Waals surface area contributed by atoms with E-state index < -0.39 is 0 Å². The highest BCUT2D eigenvalue weighted by molar-refractivity contribution is 6.14. The maximum Gasteiger partial charge on any atom is 0.220 e. The fourth-order valence-corrected chi connectivity index (χ4v) is 3.74. The Morgan fingerprint density at radius 1 is 0.581 bits per heavy atom. The molecular formula is C22H28ClNO7. The van der Waals surface area contributed by atoms with Crippen molar-refractivity contribution in [2.24, 2.45) is 7.05 Å². The maximum atomic E-state index is 5.52. The molecule has 31 heavy (non-hydrogen) atoms. The molecule has 0 bridgehead atoms. The van der Waals surface area contributed by atoms with Gasteiger partial charge in [-0.15, -0.1) is 0 Å². The third kappa shape index (κ3) is 4.38. The summed E-state index contributed by atoms with van der Waals surface area (Å²) in [5.41, 5.74) is 1.12. The Balaban J connectivity index is 0.00000225. The minimum absolute atomic E-state index is 0. The standard InChI is InChI=1S/C22H22NO4.ClH.3H2O/c1-23-12-14-9-19(25-3)20(26-4)10-16(14)15-7-6-13-8-18(24-2)21(27-5)11-17(13)22(15)23;;;;/h6-12H,1-5H3;1H;3*1H2/q+1;;;;/p-1. The zero-order valence-electron chi connectivity index (χ0n) is 18.0. The van der Waals surface area contributed by atoms with Crippen molar-refractivity contribution in [3.05, 3.63) is 42.6 Å². The van der Waals surface area contributed by atoms with Gasteiger partial charge in [-0.25, -0.2) is 0 Å². The number of benzene rings is 3. The van der Waals surface area contributed by atoms with Crippen molar-refractivity contribution in [1.82, 2.24) is 0 Å². The minimum atomic E-state index is 0. The molecule has 8 nitrogen and oxygen atoms in total. The molecule has 0 saturated carbocycles. The Kier molecular flexibility index (Phi) is 9.77. The number of hydrogen-bond donors (Lipinski definition) is 0. The molecule has 0 saturated heterocycles. The summed E-state index contributed by atoms with van der Waals surface area (Å²) in [6.45, 7) is 0. The van der Waals surface area contributed by atoms with Crippen LogP contribution in [0.25, 0.3) is 32.4 Å². The Labute approximate surface area is 186 Å². The molecule has 3 aromatic carbocycles. The van der Waals surface area contributed by atoms with Crippen LogP contribution in [0, 0.1) is 0 Å². The molecule has 1 aromatic heterocycles. The first kappa shape index (κ1) is 28.0. The van der Waals surface area contributed by atoms with E-state index >= 15 is 0 Å². The number of ether oxygens (including phenoxy) is 4. The van der Waals surface area contributed by atoms with Gasteiger partial charge in [-0.05, 0) is 35.7 Å². The van der Waals surface area contributed by atoms with E-state index in [4.69, 9.17) is 18.9 Å². The smallest absolute Gasteiger partial charge is 0.220 e. The molecular weight excluding hydrogens is 426 g/mol. The van der Waals surface area contributed by atoms with Gasteiger partial charge in [-0.3, -0.25) is 0 Å². The number of nitrogens with zero attached hydrogens (tertiary/aromatic N) is 1. The van der Waals surface area contributed by atoms with Gasteiger partial charge in [-0.2, -0.15) is 4.57 Å². The third-order valence-corrected chi connectivity index (χ3v) is 5.03. The van der Waals surface area contributed by atoms with E-state index in [1.165, 1.54) is 0 Å². The van der Waals surface area contributed by atoms with Gasteiger partial charge >= 0.3 is 0 Å². The summed E-state index contributed by atoms with van der Waals surface area (Å²) in [5, 5.41) is 5.52. The largest absolute Gasteiger partial charge is 1.00 e. The summed E-state index contributed by atoms with van der Waals surface area (Å²) in [6, 6.07) is 12.3. The predicted molar refractivity (Wildman–Crippen MR) is 117 cm³/mol. The fraction of sp³-hybridized carbons (Fsp3) is 0.227. The Morgan fingerprint density at radius 3 is 1.55 bits per heavy atom. The first-order valence-electron chi connectivity index (χ1n) is 8.64. The normalized spacial score (nSPS) is 9.71. The van der Waals surface area contributed by atoms with Crippen LogP contribution in [0.5, 0.6) is 23.0 Å². The summed E-state index contributed by atoms with van der Waals surface area (Å²) in [6.07, 6.45) is 2.11. The first-order valence-corrected chi connectivity index (χ1v) is 8.64. The van der Waals surface area contributed by atoms with Crippen LogP contribution in [-0.4, -0.2) is 44.9 Å². The SMILES string of the molecule is COc1cc2c[n+](C)c3c4cc(OC)c(OC)cc4ccc3c2cc1OC.O.O.O.[Cl-]. The molecule has 6 N–H and O–H groups in total. The summed E-state index contributed by atoms with van der Waals surface area (Å²) in [7, 11) is 8.66. The Hall–Kier alpha value is -3.04. The molecule has 9 heteroatoms. The van der Waals surface area contributed by atoms with Gasteiger partial charge < -0.3 is 47.8 Å². The van der Waals surface area contributed by atoms with Crippen LogP contribution in [0.4, 0.5) is 0 Å². The van der Waals surface area contributed by atoms with Crippen molar-refractivity contribution in [2.75, 3.05) is 28.4 Å². The van der Waals surface area contributed by atoms with Gasteiger partial charge in [0.15, 0.2) is 29.2 Å². The second-order valence-electron chi connectivity index (χ2n) is 6.42. The highest BCUT2D eigenvalue weighted by atomic mass is 35.5. The lowest BCUT2D eigenvalue weighted by Crippen LogP contribution is -3.00. The van der Waals surface area contributed by atoms with Gasteiger partial charge in [0.2, 0.25) is 5.52 Å². The molecule has 170 valence electrons. The summed E-state index contributed by atoms with van der Waals surface area (Å²) < 4.78 is 24.1. The van der Waals surface area contributed by atoms with Crippen LogP contribution in [0.2, 0.25) is 0 Å². The Morgan fingerprint density at radius 2 is 1.03 bits per heavy atom. The molecule has 4 rings (SSSR count). The van der Waals surface area contributed by atoms with Gasteiger partial charge in [0.1, 0.15) is 7.05 Å². The second kappa shape index (κ2) is 10.8. The summed E-state index contributed by atoms with van der Waals surface area (Å²) in [5.74, 6) is 2.87. The van der Waals surface area contributed by atoms with Crippen molar-refractivity contribution in [3.63, 3.8) is 0 Å². The molecule has 1 heterocycles. The zero-order chi connectivity index (χ0) is 19.1. The average molecular weight is 454 g/mol. The zero-order valence-corrected chi connectivity index (χ0v) is 18.8. The Bertz CT molecular complexity index is 1200. The molecule has 0 aliphatic rings. The average Bonchev–Trinajstić information content (AvgIpc) is 2.71. The number of fused-ring (bicyclic) bond motifs is 5. The molecule has 0 amide bonds. The van der Waals surface area contributed by atoms with Crippen molar-refractivity contribution >= 4 is 32.4 Å². The number of halogens is 1. The monoisotopic (exact) mass is 453 g/mol. The van der Waals surface area contributed by atoms with E-state index in [1.54, 1.807) is 28.4 Å². The van der Waals surface area contributed by atoms with Gasteiger partial charge in [-0.1, -0.05) is 6.07 Å². The number of methoxy groups -OCH3 is 4. The first-order chi connectivity index (χ1) is 13.1. The quantitative estimate of drug-likeness (QED) is 0.275. The van der Waals surface area contributed by atoms with Gasteiger partial charge in [0, 0.05) is 5.39 Å². The van der Waals surface area contributed by atoms with E-state index in [1.807, 2.05) is 24.3 Å². The van der Waals surface area contributed by atoms with E-state index in [0.29, 0.717) is 11.5 Å². The van der Waals surface area contributed by atoms with Crippen LogP contribution in [0.1, 0.15) is 0 Å². The van der Waals surface area contributed by atoms with Crippen LogP contribution < -0.4 is 35.9 Å². The van der Waals surface area contributed by atoms with Crippen LogP contribution in [0.3, 0.4) is 0 Å². The van der Waals surface area contributed by atoms with Crippen LogP contribution in [-0.2, 0) is 7.05 Å². The molecule has 0 aliphatic heterocycles. The summed E-state index contributed by atoms with van der Waals surface area (Å²) in [4.78, 5) is 0. The van der Waals surface area contributed by atoms with E-state index in [-0.39, 0.29) is 28.8 Å². The third-order valence-electron chi connectivity index (χ3n) is 5.03. The lowest BCUT2D eigenvalue weighted by Gasteiger charge is -2.12. The lowest BCUT2D eigenvalue weighted by atomic mass is 10.00. The van der Waals surface area contributed by atoms with Crippen molar-refractivity contribution in [1.29, 1.82) is 0 Å². The molecule has 0 aliphatic carbocycles. The summed E-state index contributed by atoms with van der Waals surface area (Å²) >= 11 is 0. The molecule has 0 unspecified atom stereocenters. The number of aryl methyl sites for hydroxylation is 1. The lowest BCUT2D eigenvalue weighted by molar-refractivity contribution is -0.642. The molecule has 0 fully saturated rings. The molecule has 0 atom stereocenters. The van der Waals surface area contributed by atoms with Crippen LogP contribution in [0.15, 0.2) is 42.6 Å². The topological polar surface area (TPSA) is 135 Å². The highest BCUT2D eigenvalue weighted by Crippen LogP contribution is 2.38. The second-order valence-corrected chi connectivity index (χ2v) is 6.42. The number of hydrogen-bond acceptors (Lipinski definition) is 4.